The maximum Gasteiger partial charge on any atom is 0.226 e. The molecule has 4 N–H and O–H groups in total. The Bertz CT molecular complexity index is 2190. The molecule has 0 aromatic heterocycles. The first-order valence-corrected chi connectivity index (χ1v) is 25.2. The summed E-state index contributed by atoms with van der Waals surface area (Å²) in [6.07, 6.45) is 5.40. The zero-order valence-electron chi connectivity index (χ0n) is 38.5. The molecule has 11 rings (SSSR count). The number of nitrogens with one attached hydrogen (secondary N) is 4. The predicted octanol–water partition coefficient (Wildman–Crippen LogP) is 5.63. The molecular weight excluding hydrogens is 853 g/mol. The topological polar surface area (TPSA) is 157 Å². The largest absolute Gasteiger partial charge is 0.352 e. The molecule has 12 atom stereocenters. The quantitative estimate of drug-likeness (QED) is 0.129. The second kappa shape index (κ2) is 18.7. The van der Waals surface area contributed by atoms with Crippen molar-refractivity contribution in [3.8, 4) is 0 Å². The number of carbonyl (C=O) groups is 6. The molecule has 2 saturated heterocycles. The summed E-state index contributed by atoms with van der Waals surface area (Å²) < 4.78 is 0. The normalized spacial score (nSPS) is 33.2. The van der Waals surface area contributed by atoms with Crippen LogP contribution < -0.4 is 21.3 Å². The maximum absolute atomic E-state index is 14.3. The molecule has 4 aromatic rings. The zero-order valence-corrected chi connectivity index (χ0v) is 38.5. The summed E-state index contributed by atoms with van der Waals surface area (Å²) in [7, 11) is 0. The fourth-order valence-electron chi connectivity index (χ4n) is 12.0. The van der Waals surface area contributed by atoms with Crippen LogP contribution in [0.1, 0.15) is 97.3 Å². The van der Waals surface area contributed by atoms with E-state index in [1.807, 2.05) is 72.8 Å². The SMILES string of the molecule is O=C(N[C@H]1C[C@@H]1c1ccccc1)[C@@H]1CN(C(=O)[C@H]2CC[C@@H](C(=O)N3C[C@@H](C(=O)N[C@H]4C[C@@H]4c4ccccc4)[C@H](C(=O)N[C@H]4C[C@@H]4c4ccccc4)C3)CC2)C[C@H]1C(=O)N[C@H]1C[C@@H]1c1ccccc1. The molecule has 2 aliphatic heterocycles. The highest BCUT2D eigenvalue weighted by atomic mass is 16.2. The highest BCUT2D eigenvalue weighted by Gasteiger charge is 2.52. The number of hydrogen-bond donors (Lipinski definition) is 4. The second-order valence-corrected chi connectivity index (χ2v) is 20.9. The van der Waals surface area contributed by atoms with Crippen LogP contribution in [0, 0.1) is 35.5 Å². The van der Waals surface area contributed by atoms with E-state index in [9.17, 15) is 28.8 Å². The van der Waals surface area contributed by atoms with Crippen LogP contribution in [0.2, 0.25) is 0 Å². The zero-order chi connectivity index (χ0) is 46.5. The minimum atomic E-state index is -0.665. The molecule has 352 valence electrons. The third-order valence-corrected chi connectivity index (χ3v) is 16.4. The first kappa shape index (κ1) is 44.2. The third kappa shape index (κ3) is 9.43. The molecule has 0 unspecified atom stereocenters. The van der Waals surface area contributed by atoms with E-state index >= 15 is 0 Å². The van der Waals surface area contributed by atoms with E-state index in [1.54, 1.807) is 9.80 Å². The molecule has 12 heteroatoms. The predicted molar refractivity (Wildman–Crippen MR) is 255 cm³/mol. The standard InChI is InChI=1S/C56H62N6O6/c63-51(57-47-25-39(47)33-13-5-1-6-14-33)43-29-61(30-44(43)52(64)58-48-26-40(48)34-15-7-2-8-16-34)55(67)37-21-23-38(24-22-37)56(68)62-31-45(53(65)59-49-27-41(49)35-17-9-3-10-18-35)46(32-62)54(66)60-50-28-42(50)36-19-11-4-12-20-36/h1-20,37-50H,21-32H2,(H,57,63)(H,58,64)(H,59,65)(H,60,66)/t37-,38+,39-,40-,41-,42-,43-,44-,45-,46-,47+,48+,49+,50+/m1/s1. The van der Waals surface area contributed by atoms with Crippen LogP contribution in [0.25, 0.3) is 0 Å². The van der Waals surface area contributed by atoms with Crippen LogP contribution >= 0.6 is 0 Å². The summed E-state index contributed by atoms with van der Waals surface area (Å²) in [4.78, 5) is 88.2. The number of rotatable bonds is 14. The lowest BCUT2D eigenvalue weighted by molar-refractivity contribution is -0.141. The molecule has 0 bridgehead atoms. The molecule has 6 amide bonds. The highest BCUT2D eigenvalue weighted by Crippen LogP contribution is 2.45. The van der Waals surface area contributed by atoms with Crippen molar-refractivity contribution in [3.63, 3.8) is 0 Å². The fraction of sp³-hybridized carbons (Fsp3) is 0.464. The van der Waals surface area contributed by atoms with E-state index in [4.69, 9.17) is 0 Å². The second-order valence-electron chi connectivity index (χ2n) is 20.9. The minimum absolute atomic E-state index is 0.00241. The average molecular weight is 915 g/mol. The van der Waals surface area contributed by atoms with Crippen molar-refractivity contribution >= 4 is 35.4 Å². The van der Waals surface area contributed by atoms with Gasteiger partial charge in [-0.05, 0) is 73.6 Å². The van der Waals surface area contributed by atoms with Gasteiger partial charge in [-0.1, -0.05) is 121 Å². The first-order chi connectivity index (χ1) is 33.2. The molecule has 0 spiro atoms. The Balaban J connectivity index is 0.718. The summed E-state index contributed by atoms with van der Waals surface area (Å²) in [6.45, 7) is 0.713. The van der Waals surface area contributed by atoms with Crippen LogP contribution in [-0.4, -0.2) is 95.6 Å². The minimum Gasteiger partial charge on any atom is -0.352 e. The first-order valence-electron chi connectivity index (χ1n) is 25.2. The van der Waals surface area contributed by atoms with Gasteiger partial charge in [-0.15, -0.1) is 0 Å². The number of amides is 6. The number of benzene rings is 4. The Kier molecular flexibility index (Phi) is 12.1. The van der Waals surface area contributed by atoms with Gasteiger partial charge in [0.1, 0.15) is 0 Å². The van der Waals surface area contributed by atoms with Gasteiger partial charge in [0, 0.05) is 85.9 Å². The summed E-state index contributed by atoms with van der Waals surface area (Å²) in [6, 6.07) is 40.6. The summed E-state index contributed by atoms with van der Waals surface area (Å²) in [5.74, 6) is -3.23. The number of likely N-dealkylation sites (tertiary alicyclic amines) is 2. The molecule has 7 fully saturated rings. The number of nitrogens with zero attached hydrogens (tertiary/aromatic N) is 2. The van der Waals surface area contributed by atoms with Crippen molar-refractivity contribution in [2.24, 2.45) is 35.5 Å². The van der Waals surface area contributed by atoms with Crippen LogP contribution in [-0.2, 0) is 28.8 Å². The lowest BCUT2D eigenvalue weighted by atomic mass is 9.80. The Morgan fingerprint density at radius 2 is 0.559 bits per heavy atom. The van der Waals surface area contributed by atoms with Crippen molar-refractivity contribution < 1.29 is 28.8 Å². The van der Waals surface area contributed by atoms with Gasteiger partial charge in [0.2, 0.25) is 35.4 Å². The molecule has 68 heavy (non-hydrogen) atoms. The number of hydrogen-bond acceptors (Lipinski definition) is 6. The van der Waals surface area contributed by atoms with Gasteiger partial charge in [-0.3, -0.25) is 28.8 Å². The van der Waals surface area contributed by atoms with E-state index in [1.165, 1.54) is 22.3 Å². The van der Waals surface area contributed by atoms with Crippen molar-refractivity contribution in [3.05, 3.63) is 144 Å². The van der Waals surface area contributed by atoms with Crippen molar-refractivity contribution in [2.45, 2.75) is 99.2 Å². The average Bonchev–Trinajstić information content (AvgIpc) is 4.31. The smallest absolute Gasteiger partial charge is 0.226 e. The Morgan fingerprint density at radius 1 is 0.338 bits per heavy atom. The molecule has 5 saturated carbocycles. The maximum atomic E-state index is 14.3. The summed E-state index contributed by atoms with van der Waals surface area (Å²) in [5.41, 5.74) is 4.73. The summed E-state index contributed by atoms with van der Waals surface area (Å²) in [5, 5.41) is 12.9. The van der Waals surface area contributed by atoms with Gasteiger partial charge in [-0.2, -0.15) is 0 Å². The van der Waals surface area contributed by atoms with E-state index < -0.39 is 23.7 Å². The highest BCUT2D eigenvalue weighted by molar-refractivity contribution is 5.93. The van der Waals surface area contributed by atoms with Crippen LogP contribution in [0.4, 0.5) is 0 Å². The lowest BCUT2D eigenvalue weighted by Gasteiger charge is -2.32. The monoisotopic (exact) mass is 914 g/mol. The van der Waals surface area contributed by atoms with E-state index in [-0.39, 0.29) is 121 Å². The van der Waals surface area contributed by atoms with Crippen LogP contribution in [0.15, 0.2) is 121 Å². The van der Waals surface area contributed by atoms with Gasteiger partial charge in [0.05, 0.1) is 23.7 Å². The molecule has 2 heterocycles. The molecule has 0 radical (unpaired) electrons. The van der Waals surface area contributed by atoms with Crippen molar-refractivity contribution in [2.75, 3.05) is 26.2 Å². The molecule has 4 aromatic carbocycles. The molecule has 7 aliphatic rings. The van der Waals surface area contributed by atoms with Crippen LogP contribution in [0.3, 0.4) is 0 Å². The van der Waals surface area contributed by atoms with Gasteiger partial charge in [-0.25, -0.2) is 0 Å². The molecule has 5 aliphatic carbocycles. The van der Waals surface area contributed by atoms with Crippen LogP contribution in [0.5, 0.6) is 0 Å². The molecule has 12 nitrogen and oxygen atoms in total. The van der Waals surface area contributed by atoms with E-state index in [0.29, 0.717) is 25.7 Å². The van der Waals surface area contributed by atoms with Gasteiger partial charge in [0.25, 0.3) is 0 Å². The van der Waals surface area contributed by atoms with Crippen molar-refractivity contribution in [1.29, 1.82) is 0 Å². The van der Waals surface area contributed by atoms with E-state index in [0.717, 1.165) is 25.7 Å². The van der Waals surface area contributed by atoms with Crippen molar-refractivity contribution in [1.82, 2.24) is 31.1 Å². The lowest BCUT2D eigenvalue weighted by Crippen LogP contribution is -2.43. The van der Waals surface area contributed by atoms with Gasteiger partial charge < -0.3 is 31.1 Å². The number of carbonyl (C=O) groups excluding carboxylic acids is 6. The Hall–Kier alpha value is -6.30. The van der Waals surface area contributed by atoms with Gasteiger partial charge in [0.15, 0.2) is 0 Å². The van der Waals surface area contributed by atoms with E-state index in [2.05, 4.69) is 69.8 Å². The fourth-order valence-corrected chi connectivity index (χ4v) is 12.0. The Morgan fingerprint density at radius 3 is 0.779 bits per heavy atom. The third-order valence-electron chi connectivity index (χ3n) is 16.4. The Labute approximate surface area is 398 Å². The molecular formula is C56H62N6O6. The van der Waals surface area contributed by atoms with Gasteiger partial charge >= 0.3 is 0 Å². The summed E-state index contributed by atoms with van der Waals surface area (Å²) >= 11 is 0.